The van der Waals surface area contributed by atoms with Gasteiger partial charge in [0, 0.05) is 0 Å². The predicted octanol–water partition coefficient (Wildman–Crippen LogP) is 2.87. The van der Waals surface area contributed by atoms with E-state index in [4.69, 9.17) is 4.74 Å². The Kier molecular flexibility index (Phi) is 3.92. The molecule has 1 rings (SSSR count). The lowest BCUT2D eigenvalue weighted by Gasteiger charge is -2.24. The number of hydrogen-bond acceptors (Lipinski definition) is 2. The third-order valence-corrected chi connectivity index (χ3v) is 2.56. The normalized spacial score (nSPS) is 14.3. The second-order valence-electron chi connectivity index (χ2n) is 3.61. The molecule has 82 valence electrons. The van der Waals surface area contributed by atoms with Gasteiger partial charge < -0.3 is 9.84 Å². The van der Waals surface area contributed by atoms with E-state index in [-0.39, 0.29) is 0 Å². The number of methoxy groups -OCH3 is 1. The Hall–Kier alpha value is -1.28. The smallest absolute Gasteiger partial charge is 0.118 e. The second-order valence-corrected chi connectivity index (χ2v) is 3.61. The number of rotatable bonds is 5. The molecule has 0 amide bonds. The molecule has 2 heteroatoms. The van der Waals surface area contributed by atoms with Crippen molar-refractivity contribution in [3.8, 4) is 5.75 Å². The molecule has 0 aliphatic heterocycles. The zero-order valence-electron chi connectivity index (χ0n) is 9.36. The Morgan fingerprint density at radius 1 is 1.40 bits per heavy atom. The van der Waals surface area contributed by atoms with E-state index in [0.29, 0.717) is 6.42 Å². The van der Waals surface area contributed by atoms with Crippen LogP contribution in [0.2, 0.25) is 0 Å². The van der Waals surface area contributed by atoms with Crippen LogP contribution in [-0.2, 0) is 5.60 Å². The van der Waals surface area contributed by atoms with Crippen LogP contribution in [0, 0.1) is 0 Å². The summed E-state index contributed by atoms with van der Waals surface area (Å²) in [6.45, 7) is 5.73. The summed E-state index contributed by atoms with van der Waals surface area (Å²) >= 11 is 0. The molecule has 15 heavy (non-hydrogen) atoms. The maximum atomic E-state index is 10.3. The minimum absolute atomic E-state index is 0.683. The topological polar surface area (TPSA) is 29.5 Å². The monoisotopic (exact) mass is 206 g/mol. The van der Waals surface area contributed by atoms with Crippen molar-refractivity contribution in [2.45, 2.75) is 25.4 Å². The lowest BCUT2D eigenvalue weighted by molar-refractivity contribution is 0.0791. The molecule has 0 aliphatic rings. The highest BCUT2D eigenvalue weighted by Gasteiger charge is 2.23. The minimum atomic E-state index is -0.916. The zero-order chi connectivity index (χ0) is 11.3. The number of benzene rings is 1. The average Bonchev–Trinajstić information content (AvgIpc) is 2.29. The van der Waals surface area contributed by atoms with Crippen LogP contribution in [0.5, 0.6) is 5.75 Å². The Balaban J connectivity index is 2.97. The van der Waals surface area contributed by atoms with E-state index >= 15 is 0 Å². The third-order valence-electron chi connectivity index (χ3n) is 2.56. The Morgan fingerprint density at radius 2 is 2.00 bits per heavy atom. The molecule has 0 saturated heterocycles. The first kappa shape index (κ1) is 11.8. The van der Waals surface area contributed by atoms with Crippen LogP contribution in [0.1, 0.15) is 25.3 Å². The summed E-state index contributed by atoms with van der Waals surface area (Å²) in [5.74, 6) is 0.793. The van der Waals surface area contributed by atoms with Crippen molar-refractivity contribution < 1.29 is 9.84 Å². The standard InChI is InChI=1S/C13H18O2/c1-4-10-13(14,5-2)11-6-8-12(15-3)9-7-11/h5-9,14H,2,4,10H2,1,3H3/t13-/m0/s1. The Morgan fingerprint density at radius 3 is 2.40 bits per heavy atom. The van der Waals surface area contributed by atoms with Gasteiger partial charge in [0.2, 0.25) is 0 Å². The molecule has 0 saturated carbocycles. The first-order valence-electron chi connectivity index (χ1n) is 5.16. The van der Waals surface area contributed by atoms with Gasteiger partial charge in [-0.15, -0.1) is 0 Å². The second kappa shape index (κ2) is 4.99. The molecule has 0 bridgehead atoms. The van der Waals surface area contributed by atoms with Gasteiger partial charge in [0.1, 0.15) is 11.4 Å². The SMILES string of the molecule is C=C[C@](O)(CCC)c1ccc(OC)cc1. The molecule has 1 aromatic rings. The van der Waals surface area contributed by atoms with Crippen LogP contribution in [0.25, 0.3) is 0 Å². The molecule has 0 heterocycles. The molecule has 0 unspecified atom stereocenters. The summed E-state index contributed by atoms with van der Waals surface area (Å²) in [6, 6.07) is 7.44. The van der Waals surface area contributed by atoms with E-state index in [1.807, 2.05) is 31.2 Å². The number of hydrogen-bond donors (Lipinski definition) is 1. The third kappa shape index (κ3) is 2.60. The van der Waals surface area contributed by atoms with E-state index < -0.39 is 5.60 Å². The quantitative estimate of drug-likeness (QED) is 0.751. The highest BCUT2D eigenvalue weighted by molar-refractivity contribution is 5.33. The number of ether oxygens (including phenoxy) is 1. The van der Waals surface area contributed by atoms with Crippen LogP contribution in [0.4, 0.5) is 0 Å². The first-order chi connectivity index (χ1) is 7.16. The largest absolute Gasteiger partial charge is 0.497 e. The van der Waals surface area contributed by atoms with Crippen molar-refractivity contribution in [3.05, 3.63) is 42.5 Å². The summed E-state index contributed by atoms with van der Waals surface area (Å²) in [6.07, 6.45) is 3.19. The predicted molar refractivity (Wildman–Crippen MR) is 62.0 cm³/mol. The highest BCUT2D eigenvalue weighted by atomic mass is 16.5. The molecule has 1 aromatic carbocycles. The van der Waals surface area contributed by atoms with Crippen LogP contribution in [-0.4, -0.2) is 12.2 Å². The Labute approximate surface area is 91.2 Å². The van der Waals surface area contributed by atoms with Crippen molar-refractivity contribution in [1.82, 2.24) is 0 Å². The highest BCUT2D eigenvalue weighted by Crippen LogP contribution is 2.28. The minimum Gasteiger partial charge on any atom is -0.497 e. The molecule has 0 fully saturated rings. The van der Waals surface area contributed by atoms with Crippen molar-refractivity contribution in [2.75, 3.05) is 7.11 Å². The van der Waals surface area contributed by atoms with Gasteiger partial charge in [0.25, 0.3) is 0 Å². The fourth-order valence-electron chi connectivity index (χ4n) is 1.63. The molecule has 2 nitrogen and oxygen atoms in total. The average molecular weight is 206 g/mol. The molecular formula is C13H18O2. The number of aliphatic hydroxyl groups is 1. The van der Waals surface area contributed by atoms with E-state index in [0.717, 1.165) is 17.7 Å². The van der Waals surface area contributed by atoms with Gasteiger partial charge in [-0.25, -0.2) is 0 Å². The van der Waals surface area contributed by atoms with Crippen LogP contribution < -0.4 is 4.74 Å². The Bertz CT molecular complexity index is 316. The molecule has 1 atom stereocenters. The molecule has 0 aliphatic carbocycles. The fraction of sp³-hybridized carbons (Fsp3) is 0.385. The van der Waals surface area contributed by atoms with Crippen molar-refractivity contribution in [1.29, 1.82) is 0 Å². The molecular weight excluding hydrogens is 188 g/mol. The molecule has 0 aromatic heterocycles. The van der Waals surface area contributed by atoms with Gasteiger partial charge in [-0.1, -0.05) is 38.1 Å². The van der Waals surface area contributed by atoms with Gasteiger partial charge in [-0.2, -0.15) is 0 Å². The maximum absolute atomic E-state index is 10.3. The van der Waals surface area contributed by atoms with Crippen molar-refractivity contribution in [3.63, 3.8) is 0 Å². The summed E-state index contributed by atoms with van der Waals surface area (Å²) in [4.78, 5) is 0. The lowest BCUT2D eigenvalue weighted by atomic mass is 9.89. The summed E-state index contributed by atoms with van der Waals surface area (Å²) in [5, 5.41) is 10.3. The lowest BCUT2D eigenvalue weighted by Crippen LogP contribution is -2.21. The zero-order valence-corrected chi connectivity index (χ0v) is 9.36. The van der Waals surface area contributed by atoms with Crippen molar-refractivity contribution in [2.24, 2.45) is 0 Å². The van der Waals surface area contributed by atoms with Gasteiger partial charge in [0.15, 0.2) is 0 Å². The molecule has 1 N–H and O–H groups in total. The van der Waals surface area contributed by atoms with Gasteiger partial charge in [0.05, 0.1) is 7.11 Å². The van der Waals surface area contributed by atoms with E-state index in [1.165, 1.54) is 0 Å². The summed E-state index contributed by atoms with van der Waals surface area (Å²) in [7, 11) is 1.63. The first-order valence-corrected chi connectivity index (χ1v) is 5.16. The molecule has 0 radical (unpaired) electrons. The van der Waals surface area contributed by atoms with Gasteiger partial charge in [-0.3, -0.25) is 0 Å². The van der Waals surface area contributed by atoms with Crippen LogP contribution in [0.3, 0.4) is 0 Å². The van der Waals surface area contributed by atoms with Gasteiger partial charge >= 0.3 is 0 Å². The van der Waals surface area contributed by atoms with Crippen LogP contribution in [0.15, 0.2) is 36.9 Å². The fourth-order valence-corrected chi connectivity index (χ4v) is 1.63. The van der Waals surface area contributed by atoms with Crippen LogP contribution >= 0.6 is 0 Å². The van der Waals surface area contributed by atoms with E-state index in [9.17, 15) is 5.11 Å². The molecule has 0 spiro atoms. The van der Waals surface area contributed by atoms with E-state index in [2.05, 4.69) is 6.58 Å². The summed E-state index contributed by atoms with van der Waals surface area (Å²) in [5.41, 5.74) is -0.0544. The van der Waals surface area contributed by atoms with Crippen molar-refractivity contribution >= 4 is 0 Å². The maximum Gasteiger partial charge on any atom is 0.118 e. The van der Waals surface area contributed by atoms with E-state index in [1.54, 1.807) is 13.2 Å². The van der Waals surface area contributed by atoms with Gasteiger partial charge in [-0.05, 0) is 24.1 Å². The summed E-state index contributed by atoms with van der Waals surface area (Å²) < 4.78 is 5.07.